The SMILES string of the molecule is CCCC[P+](CCCC)(OS(=O)(=O)c1cc(C(=O)OC)cc(C(=O)OC)c1)c1ccccc1. The third kappa shape index (κ3) is 6.85. The number of benzene rings is 2. The molecular weight excluding hydrogens is 463 g/mol. The molecule has 0 heterocycles. The zero-order chi connectivity index (χ0) is 24.5. The van der Waals surface area contributed by atoms with Crippen molar-refractivity contribution in [1.29, 1.82) is 0 Å². The highest BCUT2D eigenvalue weighted by atomic mass is 32.2. The number of ether oxygens (including phenoxy) is 2. The van der Waals surface area contributed by atoms with Crippen LogP contribution in [0.5, 0.6) is 0 Å². The van der Waals surface area contributed by atoms with Crippen LogP contribution < -0.4 is 5.30 Å². The minimum atomic E-state index is -4.32. The van der Waals surface area contributed by atoms with E-state index in [-0.39, 0.29) is 16.0 Å². The molecule has 0 spiro atoms. The van der Waals surface area contributed by atoms with Gasteiger partial charge in [-0.25, -0.2) is 9.59 Å². The molecule has 2 aromatic rings. The van der Waals surface area contributed by atoms with Gasteiger partial charge in [0.15, 0.2) is 0 Å². The van der Waals surface area contributed by atoms with Crippen molar-refractivity contribution >= 4 is 34.9 Å². The van der Waals surface area contributed by atoms with E-state index in [9.17, 15) is 18.0 Å². The van der Waals surface area contributed by atoms with Gasteiger partial charge in [0.2, 0.25) is 7.49 Å². The van der Waals surface area contributed by atoms with Gasteiger partial charge in [-0.3, -0.25) is 0 Å². The highest BCUT2D eigenvalue weighted by Gasteiger charge is 2.47. The molecule has 0 saturated carbocycles. The third-order valence-corrected chi connectivity index (χ3v) is 11.3. The Kier molecular flexibility index (Phi) is 10.0. The molecule has 2 aromatic carbocycles. The summed E-state index contributed by atoms with van der Waals surface area (Å²) in [6.07, 6.45) is 4.67. The minimum absolute atomic E-state index is 0.0756. The molecule has 0 N–H and O–H groups in total. The number of carbonyl (C=O) groups is 2. The number of esters is 2. The Labute approximate surface area is 197 Å². The van der Waals surface area contributed by atoms with Gasteiger partial charge < -0.3 is 9.47 Å². The normalized spacial score (nSPS) is 11.8. The molecule has 2 rings (SSSR count). The van der Waals surface area contributed by atoms with E-state index >= 15 is 0 Å². The number of hydrogen-bond acceptors (Lipinski definition) is 7. The van der Waals surface area contributed by atoms with E-state index in [0.29, 0.717) is 12.3 Å². The van der Waals surface area contributed by atoms with Crippen molar-refractivity contribution in [2.75, 3.05) is 26.5 Å². The largest absolute Gasteiger partial charge is 0.465 e. The average Bonchev–Trinajstić information content (AvgIpc) is 2.84. The van der Waals surface area contributed by atoms with Gasteiger partial charge in [0.05, 0.1) is 42.6 Å². The Bertz CT molecular complexity index is 1010. The lowest BCUT2D eigenvalue weighted by atomic mass is 10.1. The predicted molar refractivity (Wildman–Crippen MR) is 130 cm³/mol. The van der Waals surface area contributed by atoms with Crippen molar-refractivity contribution in [3.05, 3.63) is 59.7 Å². The number of methoxy groups -OCH3 is 2. The summed E-state index contributed by atoms with van der Waals surface area (Å²) >= 11 is 0. The maximum absolute atomic E-state index is 13.6. The fourth-order valence-electron chi connectivity index (χ4n) is 3.46. The monoisotopic (exact) mass is 495 g/mol. The van der Waals surface area contributed by atoms with Crippen LogP contribution in [0.2, 0.25) is 0 Å². The summed E-state index contributed by atoms with van der Waals surface area (Å²) in [5, 5.41) is 0.882. The standard InChI is InChI=1S/C24H32O7PS/c1-5-7-14-32(15-8-6-2,21-12-10-9-11-13-21)31-33(27,28)22-17-19(23(25)29-3)16-20(18-22)24(26)30-4/h9-13,16-18H,5-8,14-15H2,1-4H3/q+1. The zero-order valence-corrected chi connectivity index (χ0v) is 21.3. The van der Waals surface area contributed by atoms with Gasteiger partial charge in [0.1, 0.15) is 5.30 Å². The summed E-state index contributed by atoms with van der Waals surface area (Å²) in [5.41, 5.74) is -0.151. The Morgan fingerprint density at radius 3 is 1.73 bits per heavy atom. The first-order valence-corrected chi connectivity index (χ1v) is 14.4. The van der Waals surface area contributed by atoms with Crippen LogP contribution in [0.4, 0.5) is 0 Å². The molecule has 0 bridgehead atoms. The molecule has 0 aromatic heterocycles. The summed E-state index contributed by atoms with van der Waals surface area (Å²) in [5.74, 6) is -1.53. The van der Waals surface area contributed by atoms with E-state index in [1.165, 1.54) is 32.4 Å². The topological polar surface area (TPSA) is 96.0 Å². The molecule has 9 heteroatoms. The first-order chi connectivity index (χ1) is 15.7. The molecule has 180 valence electrons. The van der Waals surface area contributed by atoms with Crippen molar-refractivity contribution in [3.8, 4) is 0 Å². The van der Waals surface area contributed by atoms with E-state index < -0.39 is 29.5 Å². The van der Waals surface area contributed by atoms with E-state index in [1.54, 1.807) is 0 Å². The van der Waals surface area contributed by atoms with Crippen LogP contribution in [0, 0.1) is 0 Å². The fourth-order valence-corrected chi connectivity index (χ4v) is 9.90. The highest BCUT2D eigenvalue weighted by Crippen LogP contribution is 2.61. The second kappa shape index (κ2) is 12.3. The molecular formula is C24H32O7PS+. The quantitative estimate of drug-likeness (QED) is 0.308. The summed E-state index contributed by atoms with van der Waals surface area (Å²) < 4.78 is 42.7. The van der Waals surface area contributed by atoms with Gasteiger partial charge in [0, 0.05) is 0 Å². The summed E-state index contributed by atoms with van der Waals surface area (Å²) in [6.45, 7) is 4.10. The summed E-state index contributed by atoms with van der Waals surface area (Å²) in [6, 6.07) is 13.1. The molecule has 0 aliphatic carbocycles. The van der Waals surface area contributed by atoms with Crippen molar-refractivity contribution in [1.82, 2.24) is 0 Å². The maximum Gasteiger partial charge on any atom is 0.337 e. The summed E-state index contributed by atoms with van der Waals surface area (Å²) in [4.78, 5) is 24.0. The fraction of sp³-hybridized carbons (Fsp3) is 0.417. The third-order valence-electron chi connectivity index (χ3n) is 5.25. The molecule has 33 heavy (non-hydrogen) atoms. The Balaban J connectivity index is 2.63. The van der Waals surface area contributed by atoms with Crippen molar-refractivity contribution in [3.63, 3.8) is 0 Å². The second-order valence-electron chi connectivity index (χ2n) is 7.64. The molecule has 7 nitrogen and oxygen atoms in total. The predicted octanol–water partition coefficient (Wildman–Crippen LogP) is 4.82. The van der Waals surface area contributed by atoms with Gasteiger partial charge in [0.25, 0.3) is 0 Å². The lowest BCUT2D eigenvalue weighted by Gasteiger charge is -2.25. The van der Waals surface area contributed by atoms with Crippen LogP contribution in [0.25, 0.3) is 0 Å². The molecule has 0 aliphatic rings. The molecule has 0 radical (unpaired) electrons. The van der Waals surface area contributed by atoms with Gasteiger partial charge in [-0.1, -0.05) is 44.9 Å². The first-order valence-electron chi connectivity index (χ1n) is 10.9. The van der Waals surface area contributed by atoms with Crippen LogP contribution in [0.3, 0.4) is 0 Å². The Morgan fingerprint density at radius 2 is 1.30 bits per heavy atom. The lowest BCUT2D eigenvalue weighted by Crippen LogP contribution is -2.23. The van der Waals surface area contributed by atoms with Crippen molar-refractivity contribution in [2.24, 2.45) is 0 Å². The molecule has 0 saturated heterocycles. The maximum atomic E-state index is 13.6. The van der Waals surface area contributed by atoms with E-state index in [0.717, 1.165) is 31.0 Å². The molecule has 0 aliphatic heterocycles. The van der Waals surface area contributed by atoms with E-state index in [2.05, 4.69) is 13.8 Å². The van der Waals surface area contributed by atoms with Gasteiger partial charge in [-0.2, -0.15) is 8.42 Å². The Morgan fingerprint density at radius 1 is 0.818 bits per heavy atom. The van der Waals surface area contributed by atoms with Crippen LogP contribution in [0.15, 0.2) is 53.4 Å². The van der Waals surface area contributed by atoms with Crippen LogP contribution in [-0.2, 0) is 23.6 Å². The smallest absolute Gasteiger partial charge is 0.337 e. The van der Waals surface area contributed by atoms with Crippen LogP contribution in [0.1, 0.15) is 60.2 Å². The highest BCUT2D eigenvalue weighted by molar-refractivity contribution is 7.96. The molecule has 0 fully saturated rings. The molecule has 0 amide bonds. The number of unbranched alkanes of at least 4 members (excludes halogenated alkanes) is 2. The van der Waals surface area contributed by atoms with Gasteiger partial charge >= 0.3 is 22.1 Å². The van der Waals surface area contributed by atoms with Crippen LogP contribution in [-0.4, -0.2) is 46.9 Å². The molecule has 0 unspecified atom stereocenters. The number of carbonyl (C=O) groups excluding carboxylic acids is 2. The number of rotatable bonds is 12. The summed E-state index contributed by atoms with van der Waals surface area (Å²) in [7, 11) is -4.54. The Hall–Kier alpha value is -2.28. The minimum Gasteiger partial charge on any atom is -0.465 e. The van der Waals surface area contributed by atoms with Gasteiger partial charge in [-0.05, 0) is 43.2 Å². The van der Waals surface area contributed by atoms with E-state index in [4.69, 9.17) is 13.4 Å². The second-order valence-corrected chi connectivity index (χ2v) is 12.8. The first kappa shape index (κ1) is 27.0. The average molecular weight is 496 g/mol. The molecule has 0 atom stereocenters. The number of hydrogen-bond donors (Lipinski definition) is 0. The zero-order valence-electron chi connectivity index (χ0n) is 19.6. The van der Waals surface area contributed by atoms with Crippen LogP contribution >= 0.6 is 7.49 Å². The van der Waals surface area contributed by atoms with Crippen molar-refractivity contribution in [2.45, 2.75) is 44.4 Å². The van der Waals surface area contributed by atoms with Crippen molar-refractivity contribution < 1.29 is 31.5 Å². The van der Waals surface area contributed by atoms with Gasteiger partial charge in [-0.15, -0.1) is 3.97 Å². The van der Waals surface area contributed by atoms with E-state index in [1.807, 2.05) is 30.3 Å². The lowest BCUT2D eigenvalue weighted by molar-refractivity contribution is 0.0598.